The summed E-state index contributed by atoms with van der Waals surface area (Å²) in [5.74, 6) is -1.14. The predicted molar refractivity (Wildman–Crippen MR) is 260 cm³/mol. The molecule has 0 bridgehead atoms. The fourth-order valence-electron chi connectivity index (χ4n) is 7.39. The number of hydrogen-bond donors (Lipinski definition) is 7. The molecule has 7 N–H and O–H groups in total. The van der Waals surface area contributed by atoms with E-state index in [9.17, 15) is 58.6 Å². The minimum Gasteiger partial charge on any atom is -0.462 e. The van der Waals surface area contributed by atoms with Crippen molar-refractivity contribution in [2.24, 2.45) is 0 Å². The fraction of sp³-hybridized carbons (Fsp3) is 0.776. The molecular weight excluding hydrogens is 922 g/mol. The summed E-state index contributed by atoms with van der Waals surface area (Å²) in [4.78, 5) is 66.2. The predicted octanol–water partition coefficient (Wildman–Crippen LogP) is 9.25. The quantitative estimate of drug-likeness (QED) is 0.00749. The van der Waals surface area contributed by atoms with Crippen LogP contribution >= 0.6 is 15.6 Å². The smallest absolute Gasteiger partial charge is 0.462 e. The maximum absolute atomic E-state index is 13.0. The van der Waals surface area contributed by atoms with Gasteiger partial charge in [0.05, 0.1) is 6.61 Å². The zero-order valence-corrected chi connectivity index (χ0v) is 42.6. The topological polar surface area (TPSA) is 273 Å². The SMILES string of the molecule is CCCCC/C=C\C/C=C\CCCCCCCCCCCC(=O)O[C@H](COC(=O)CCCCCCC/C=C\C=C\C(=O)CCCCC)COP(=O)(O)O[C@H]1C(O)C(O)C(O)[C@@H](OP(=O)(O)O)C1O. The Hall–Kier alpha value is -2.37. The summed E-state index contributed by atoms with van der Waals surface area (Å²) >= 11 is 0. The largest absolute Gasteiger partial charge is 0.472 e. The van der Waals surface area contributed by atoms with E-state index in [0.717, 1.165) is 103 Å². The van der Waals surface area contributed by atoms with Crippen molar-refractivity contribution in [1.29, 1.82) is 0 Å². The van der Waals surface area contributed by atoms with Crippen LogP contribution in [0.25, 0.3) is 0 Å². The Morgan fingerprint density at radius 1 is 0.515 bits per heavy atom. The molecule has 0 spiro atoms. The Labute approximate surface area is 405 Å². The number of aliphatic hydroxyl groups excluding tert-OH is 4. The highest BCUT2D eigenvalue weighted by Gasteiger charge is 2.54. The molecule has 19 heteroatoms. The molecule has 0 aliphatic heterocycles. The summed E-state index contributed by atoms with van der Waals surface area (Å²) in [5.41, 5.74) is 0. The van der Waals surface area contributed by atoms with Gasteiger partial charge in [0.15, 0.2) is 11.9 Å². The molecule has 0 amide bonds. The lowest BCUT2D eigenvalue weighted by atomic mass is 9.85. The highest BCUT2D eigenvalue weighted by atomic mass is 31.2. The third kappa shape index (κ3) is 33.3. The van der Waals surface area contributed by atoms with Crippen molar-refractivity contribution >= 4 is 33.4 Å². The summed E-state index contributed by atoms with van der Waals surface area (Å²) in [6, 6.07) is 0. The number of carbonyl (C=O) groups excluding carboxylic acids is 3. The summed E-state index contributed by atoms with van der Waals surface area (Å²) in [6.07, 6.45) is 26.1. The van der Waals surface area contributed by atoms with Crippen LogP contribution in [0.4, 0.5) is 0 Å². The number of rotatable bonds is 42. The number of ketones is 1. The number of ether oxygens (including phenoxy) is 2. The van der Waals surface area contributed by atoms with Crippen LogP contribution in [0.1, 0.15) is 187 Å². The molecule has 17 nitrogen and oxygen atoms in total. The van der Waals surface area contributed by atoms with Gasteiger partial charge in [-0.25, -0.2) is 9.13 Å². The first-order valence-electron chi connectivity index (χ1n) is 25.1. The second kappa shape index (κ2) is 39.3. The number of allylic oxidation sites excluding steroid dienone is 8. The number of phosphoric acid groups is 2. The van der Waals surface area contributed by atoms with Gasteiger partial charge in [-0.15, -0.1) is 0 Å². The Balaban J connectivity index is 2.58. The first-order chi connectivity index (χ1) is 32.5. The molecular formula is C49H86O17P2. The highest BCUT2D eigenvalue weighted by Crippen LogP contribution is 2.49. The summed E-state index contributed by atoms with van der Waals surface area (Å²) < 4.78 is 49.4. The van der Waals surface area contributed by atoms with E-state index in [-0.39, 0.29) is 18.6 Å². The monoisotopic (exact) mass is 1010 g/mol. The van der Waals surface area contributed by atoms with E-state index in [1.165, 1.54) is 38.5 Å². The standard InChI is InChI=1S/C49H86O17P2/c1-3-5-7-8-9-10-11-12-13-14-15-16-17-18-19-22-26-29-33-37-43(52)64-41(38-62-42(51)36-32-28-25-23-20-21-24-27-31-35-40(50)34-30-6-4-2)39-63-68(60,61)66-49-46(55)44(53)45(54)48(47(49)56)65-67(57,58)59/h9-10,12-13,24,27,31,35,41,44-49,53-56H,3-8,11,14-23,25-26,28-30,32-34,36-39H2,1-2H3,(H,60,61)(H2,57,58,59)/b10-9-,13-12-,27-24-,35-31+/t41-,44?,45?,46?,47?,48-,49+/m1/s1. The summed E-state index contributed by atoms with van der Waals surface area (Å²) in [6.45, 7) is 2.91. The van der Waals surface area contributed by atoms with E-state index in [1.54, 1.807) is 12.2 Å². The Morgan fingerprint density at radius 3 is 1.54 bits per heavy atom. The zero-order chi connectivity index (χ0) is 50.5. The molecule has 394 valence electrons. The van der Waals surface area contributed by atoms with E-state index >= 15 is 0 Å². The van der Waals surface area contributed by atoms with Crippen LogP contribution in [0.5, 0.6) is 0 Å². The molecule has 68 heavy (non-hydrogen) atoms. The second-order valence-electron chi connectivity index (χ2n) is 17.6. The average Bonchev–Trinajstić information content (AvgIpc) is 3.29. The molecule has 0 aromatic carbocycles. The van der Waals surface area contributed by atoms with Crippen LogP contribution in [0.3, 0.4) is 0 Å². The van der Waals surface area contributed by atoms with Crippen LogP contribution in [-0.2, 0) is 46.6 Å². The van der Waals surface area contributed by atoms with Crippen LogP contribution < -0.4 is 0 Å². The van der Waals surface area contributed by atoms with Crippen molar-refractivity contribution in [3.05, 3.63) is 48.6 Å². The van der Waals surface area contributed by atoms with Crippen molar-refractivity contribution in [2.45, 2.75) is 230 Å². The van der Waals surface area contributed by atoms with Gasteiger partial charge < -0.3 is 44.6 Å². The number of phosphoric ester groups is 2. The lowest BCUT2D eigenvalue weighted by molar-refractivity contribution is -0.216. The molecule has 0 aromatic heterocycles. The van der Waals surface area contributed by atoms with Crippen molar-refractivity contribution in [3.8, 4) is 0 Å². The molecule has 1 rings (SSSR count). The van der Waals surface area contributed by atoms with Gasteiger partial charge in [0.25, 0.3) is 0 Å². The molecule has 8 atom stereocenters. The Bertz CT molecular complexity index is 1560. The third-order valence-corrected chi connectivity index (χ3v) is 12.9. The first-order valence-corrected chi connectivity index (χ1v) is 28.2. The van der Waals surface area contributed by atoms with Crippen LogP contribution in [-0.4, -0.2) is 109 Å². The number of hydrogen-bond acceptors (Lipinski definition) is 14. The third-order valence-electron chi connectivity index (χ3n) is 11.4. The van der Waals surface area contributed by atoms with Crippen molar-refractivity contribution in [1.82, 2.24) is 0 Å². The minimum absolute atomic E-state index is 0.0207. The number of aliphatic hydroxyl groups is 4. The van der Waals surface area contributed by atoms with Gasteiger partial charge in [0.1, 0.15) is 43.2 Å². The van der Waals surface area contributed by atoms with Crippen molar-refractivity contribution in [3.63, 3.8) is 0 Å². The summed E-state index contributed by atoms with van der Waals surface area (Å²) in [5, 5.41) is 41.3. The van der Waals surface area contributed by atoms with E-state index in [4.69, 9.17) is 18.5 Å². The molecule has 1 fully saturated rings. The molecule has 1 aliphatic carbocycles. The van der Waals surface area contributed by atoms with E-state index in [2.05, 4.69) is 42.7 Å². The molecule has 1 aliphatic rings. The van der Waals surface area contributed by atoms with Gasteiger partial charge in [0.2, 0.25) is 0 Å². The average molecular weight is 1010 g/mol. The molecule has 0 aromatic rings. The zero-order valence-electron chi connectivity index (χ0n) is 40.8. The molecule has 5 unspecified atom stereocenters. The van der Waals surface area contributed by atoms with E-state index in [0.29, 0.717) is 19.3 Å². The van der Waals surface area contributed by atoms with Gasteiger partial charge in [-0.2, -0.15) is 0 Å². The lowest BCUT2D eigenvalue weighted by Crippen LogP contribution is -2.64. The maximum Gasteiger partial charge on any atom is 0.472 e. The van der Waals surface area contributed by atoms with Crippen LogP contribution in [0, 0.1) is 0 Å². The fourth-order valence-corrected chi connectivity index (χ4v) is 8.93. The van der Waals surface area contributed by atoms with E-state index < -0.39 is 83.5 Å². The van der Waals surface area contributed by atoms with Crippen LogP contribution in [0.2, 0.25) is 0 Å². The summed E-state index contributed by atoms with van der Waals surface area (Å²) in [7, 11) is -10.7. The molecule has 1 saturated carbocycles. The Morgan fingerprint density at radius 2 is 0.985 bits per heavy atom. The maximum atomic E-state index is 13.0. The van der Waals surface area contributed by atoms with Gasteiger partial charge in [-0.05, 0) is 70.3 Å². The lowest BCUT2D eigenvalue weighted by Gasteiger charge is -2.43. The van der Waals surface area contributed by atoms with Gasteiger partial charge in [-0.3, -0.25) is 28.0 Å². The van der Waals surface area contributed by atoms with E-state index in [1.807, 2.05) is 12.2 Å². The van der Waals surface area contributed by atoms with Gasteiger partial charge >= 0.3 is 27.6 Å². The first kappa shape index (κ1) is 63.6. The van der Waals surface area contributed by atoms with Gasteiger partial charge in [0, 0.05) is 19.3 Å². The molecule has 0 saturated heterocycles. The van der Waals surface area contributed by atoms with Gasteiger partial charge in [-0.1, -0.05) is 146 Å². The molecule has 0 heterocycles. The number of esters is 2. The van der Waals surface area contributed by atoms with Crippen molar-refractivity contribution in [2.75, 3.05) is 13.2 Å². The number of carbonyl (C=O) groups is 3. The Kier molecular flexibility index (Phi) is 36.8. The highest BCUT2D eigenvalue weighted by molar-refractivity contribution is 7.47. The number of unbranched alkanes of at least 4 members (excludes halogenated alkanes) is 19. The normalized spacial score (nSPS) is 21.5. The van der Waals surface area contributed by atoms with Crippen molar-refractivity contribution < 1.29 is 81.7 Å². The minimum atomic E-state index is -5.38. The second-order valence-corrected chi connectivity index (χ2v) is 20.2. The molecule has 0 radical (unpaired) electrons. The van der Waals surface area contributed by atoms with Crippen LogP contribution in [0.15, 0.2) is 48.6 Å².